The van der Waals surface area contributed by atoms with Crippen LogP contribution in [0, 0.1) is 0 Å². The number of anilines is 1. The molecule has 14 heavy (non-hydrogen) atoms. The van der Waals surface area contributed by atoms with Gasteiger partial charge in [-0.25, -0.2) is 18.4 Å². The minimum atomic E-state index is -3.85. The number of carbonyl (C=O) groups excluding carboxylic acids is 1. The van der Waals surface area contributed by atoms with Crippen LogP contribution in [0.5, 0.6) is 0 Å². The van der Waals surface area contributed by atoms with Crippen molar-refractivity contribution in [3.05, 3.63) is 0 Å². The molecule has 0 saturated heterocycles. The smallest absolute Gasteiger partial charge is 0.320 e. The molecule has 78 valence electrons. The maximum Gasteiger partial charge on any atom is 0.320 e. The molecular weight excluding hydrogens is 230 g/mol. The molecule has 0 saturated carbocycles. The molecule has 8 nitrogen and oxygen atoms in total. The van der Waals surface area contributed by atoms with Crippen LogP contribution in [0.25, 0.3) is 0 Å². The van der Waals surface area contributed by atoms with Crippen molar-refractivity contribution in [3.63, 3.8) is 0 Å². The van der Waals surface area contributed by atoms with Crippen LogP contribution in [0.3, 0.4) is 0 Å². The van der Waals surface area contributed by atoms with Crippen molar-refractivity contribution in [2.24, 2.45) is 5.14 Å². The van der Waals surface area contributed by atoms with E-state index in [0.717, 1.165) is 0 Å². The van der Waals surface area contributed by atoms with E-state index in [1.807, 2.05) is 0 Å². The third-order valence-corrected chi connectivity index (χ3v) is 3.25. The van der Waals surface area contributed by atoms with Gasteiger partial charge in [0.15, 0.2) is 0 Å². The average molecular weight is 237 g/mol. The zero-order valence-corrected chi connectivity index (χ0v) is 8.65. The maximum absolute atomic E-state index is 10.8. The summed E-state index contributed by atoms with van der Waals surface area (Å²) in [6.07, 6.45) is 0. The predicted octanol–water partition coefficient (Wildman–Crippen LogP) is -1.06. The van der Waals surface area contributed by atoms with Crippen LogP contribution in [0.1, 0.15) is 0 Å². The minimum Gasteiger partial charge on any atom is -0.341 e. The van der Waals surface area contributed by atoms with Crippen molar-refractivity contribution < 1.29 is 13.2 Å². The first-order chi connectivity index (χ1) is 6.43. The fraction of sp³-hybridized carbons (Fsp3) is 0.250. The van der Waals surface area contributed by atoms with Crippen LogP contribution in [0.2, 0.25) is 0 Å². The van der Waals surface area contributed by atoms with Crippen molar-refractivity contribution in [2.75, 3.05) is 12.4 Å². The number of nitrogens with one attached hydrogen (secondary N) is 2. The average Bonchev–Trinajstić information content (AvgIpc) is 2.51. The van der Waals surface area contributed by atoms with Gasteiger partial charge in [0.1, 0.15) is 0 Å². The summed E-state index contributed by atoms with van der Waals surface area (Å²) in [6, 6.07) is -0.512. The molecule has 0 aliphatic heterocycles. The lowest BCUT2D eigenvalue weighted by atomic mass is 10.9. The highest BCUT2D eigenvalue weighted by Crippen LogP contribution is 2.17. The molecule has 1 aromatic heterocycles. The second-order valence-electron chi connectivity index (χ2n) is 2.12. The van der Waals surface area contributed by atoms with E-state index >= 15 is 0 Å². The molecule has 0 aromatic carbocycles. The largest absolute Gasteiger partial charge is 0.341 e. The molecule has 0 unspecified atom stereocenters. The fourth-order valence-corrected chi connectivity index (χ4v) is 1.86. The topological polar surface area (TPSA) is 127 Å². The molecule has 0 atom stereocenters. The van der Waals surface area contributed by atoms with Crippen LogP contribution >= 0.6 is 11.3 Å². The first kappa shape index (κ1) is 10.8. The normalized spacial score (nSPS) is 11.0. The van der Waals surface area contributed by atoms with E-state index in [9.17, 15) is 13.2 Å². The monoisotopic (exact) mass is 237 g/mol. The van der Waals surface area contributed by atoms with Gasteiger partial charge < -0.3 is 5.32 Å². The Balaban J connectivity index is 2.84. The Hall–Kier alpha value is -1.26. The summed E-state index contributed by atoms with van der Waals surface area (Å²) < 4.78 is 21.2. The van der Waals surface area contributed by atoms with Crippen molar-refractivity contribution in [1.29, 1.82) is 0 Å². The number of primary sulfonamides is 1. The third kappa shape index (κ3) is 2.61. The van der Waals surface area contributed by atoms with Gasteiger partial charge in [-0.3, -0.25) is 5.32 Å². The third-order valence-electron chi connectivity index (χ3n) is 1.10. The van der Waals surface area contributed by atoms with E-state index in [4.69, 9.17) is 5.14 Å². The van der Waals surface area contributed by atoms with Crippen LogP contribution in [0.15, 0.2) is 4.34 Å². The standard InChI is InChI=1S/C4H7N5O3S2/c1-6-2(10)7-3-8-9-4(13-3)14(5,11)12/h1H3,(H2,5,11,12)(H2,6,7,8,10). The van der Waals surface area contributed by atoms with Crippen molar-refractivity contribution >= 4 is 32.5 Å². The number of aromatic nitrogens is 2. The number of amides is 2. The van der Waals surface area contributed by atoms with Gasteiger partial charge in [-0.2, -0.15) is 0 Å². The molecule has 0 fully saturated rings. The molecule has 0 aliphatic rings. The van der Waals surface area contributed by atoms with Crippen LogP contribution in [0.4, 0.5) is 9.93 Å². The molecule has 0 radical (unpaired) electrons. The molecule has 2 amide bonds. The number of carbonyl (C=O) groups is 1. The lowest BCUT2D eigenvalue weighted by molar-refractivity contribution is 0.254. The van der Waals surface area contributed by atoms with E-state index in [1.165, 1.54) is 7.05 Å². The second-order valence-corrected chi connectivity index (χ2v) is 4.83. The lowest BCUT2D eigenvalue weighted by Crippen LogP contribution is -2.24. The lowest BCUT2D eigenvalue weighted by Gasteiger charge is -1.96. The first-order valence-corrected chi connectivity index (χ1v) is 5.65. The Morgan fingerprint density at radius 3 is 2.57 bits per heavy atom. The van der Waals surface area contributed by atoms with E-state index in [1.54, 1.807) is 0 Å². The minimum absolute atomic E-state index is 0.0633. The SMILES string of the molecule is CNC(=O)Nc1nnc(S(N)(=O)=O)s1. The Morgan fingerprint density at radius 2 is 2.14 bits per heavy atom. The number of urea groups is 1. The molecule has 1 aromatic rings. The van der Waals surface area contributed by atoms with Gasteiger partial charge in [-0.05, 0) is 0 Å². The Labute approximate surface area is 83.6 Å². The van der Waals surface area contributed by atoms with Gasteiger partial charge in [0.2, 0.25) is 9.47 Å². The van der Waals surface area contributed by atoms with Gasteiger partial charge in [0, 0.05) is 7.05 Å². The maximum atomic E-state index is 10.8. The molecule has 10 heteroatoms. The number of nitrogens with zero attached hydrogens (tertiary/aromatic N) is 2. The molecule has 4 N–H and O–H groups in total. The molecular formula is C4H7N5O3S2. The highest BCUT2D eigenvalue weighted by atomic mass is 32.2. The summed E-state index contributed by atoms with van der Waals surface area (Å²) in [7, 11) is -2.44. The number of nitrogens with two attached hydrogens (primary N) is 1. The van der Waals surface area contributed by atoms with Gasteiger partial charge in [0.25, 0.3) is 10.0 Å². The first-order valence-electron chi connectivity index (χ1n) is 3.28. The quantitative estimate of drug-likeness (QED) is 0.565. The summed E-state index contributed by atoms with van der Waals surface area (Å²) in [4.78, 5) is 10.8. The molecule has 0 bridgehead atoms. The zero-order valence-electron chi connectivity index (χ0n) is 7.01. The molecule has 0 spiro atoms. The Morgan fingerprint density at radius 1 is 1.50 bits per heavy atom. The van der Waals surface area contributed by atoms with Crippen molar-refractivity contribution in [2.45, 2.75) is 4.34 Å². The number of hydrogen-bond acceptors (Lipinski definition) is 6. The molecule has 1 heterocycles. The summed E-state index contributed by atoms with van der Waals surface area (Å²) in [5.41, 5.74) is 0. The summed E-state index contributed by atoms with van der Waals surface area (Å²) in [6.45, 7) is 0. The van der Waals surface area contributed by atoms with E-state index < -0.39 is 16.1 Å². The Kier molecular flexibility index (Phi) is 2.98. The van der Waals surface area contributed by atoms with Crippen molar-refractivity contribution in [1.82, 2.24) is 15.5 Å². The fourth-order valence-electron chi connectivity index (χ4n) is 0.535. The van der Waals surface area contributed by atoms with Gasteiger partial charge in [0.05, 0.1) is 0 Å². The van der Waals surface area contributed by atoms with Gasteiger partial charge in [-0.15, -0.1) is 10.2 Å². The highest BCUT2D eigenvalue weighted by Gasteiger charge is 2.15. The number of sulfonamides is 1. The van der Waals surface area contributed by atoms with Crippen LogP contribution in [-0.4, -0.2) is 31.7 Å². The van der Waals surface area contributed by atoms with Crippen molar-refractivity contribution in [3.8, 4) is 0 Å². The van der Waals surface area contributed by atoms with Crippen LogP contribution < -0.4 is 15.8 Å². The zero-order chi connectivity index (χ0) is 10.8. The predicted molar refractivity (Wildman–Crippen MR) is 49.4 cm³/mol. The summed E-state index contributed by atoms with van der Waals surface area (Å²) >= 11 is 0.676. The molecule has 0 aliphatic carbocycles. The summed E-state index contributed by atoms with van der Waals surface area (Å²) in [5, 5.41) is 16.1. The van der Waals surface area contributed by atoms with Gasteiger partial charge >= 0.3 is 6.03 Å². The van der Waals surface area contributed by atoms with E-state index in [2.05, 4.69) is 20.8 Å². The molecule has 1 rings (SSSR count). The van der Waals surface area contributed by atoms with Gasteiger partial charge in [-0.1, -0.05) is 11.3 Å². The number of hydrogen-bond donors (Lipinski definition) is 3. The van der Waals surface area contributed by atoms with E-state index in [0.29, 0.717) is 11.3 Å². The number of rotatable bonds is 2. The Bertz CT molecular complexity index is 438. The second kappa shape index (κ2) is 3.86. The summed E-state index contributed by atoms with van der Waals surface area (Å²) in [5.74, 6) is 0. The van der Waals surface area contributed by atoms with Crippen LogP contribution in [-0.2, 0) is 10.0 Å². The highest BCUT2D eigenvalue weighted by molar-refractivity contribution is 7.91. The van der Waals surface area contributed by atoms with E-state index in [-0.39, 0.29) is 9.47 Å².